The van der Waals surface area contributed by atoms with Gasteiger partial charge in [-0.25, -0.2) is 23.7 Å². The third kappa shape index (κ3) is 9.00. The molecule has 1 fully saturated rings. The summed E-state index contributed by atoms with van der Waals surface area (Å²) in [5.74, 6) is -3.62. The molecule has 0 spiro atoms. The highest BCUT2D eigenvalue weighted by atomic mass is 31.2. The van der Waals surface area contributed by atoms with Crippen molar-refractivity contribution < 1.29 is 61.7 Å². The molecule has 4 aromatic carbocycles. The molecule has 0 radical (unpaired) electrons. The number of carbonyl (C=O) groups excluding carboxylic acids is 4. The molecule has 0 unspecified atom stereocenters. The number of phosphoric ester groups is 1. The number of benzene rings is 4. The summed E-state index contributed by atoms with van der Waals surface area (Å²) >= 11 is 0. The standard InChI is InChI=1S/C34H29O13P/c35-30(22-13-5-1-6-14-22)42-21-26(43-31(36)23-15-7-2-8-16-23)27-28(44-32(37)24-17-9-3-10-18-24)29(34(46-27)47-48(39,40)41)45-33(38)25-19-11-4-12-20-25/h1-20,26-29,34H,21H2,(H2,39,40,41)/t26-,27+,28+,29-,34-/m1/s1. The fraction of sp³-hybridized carbons (Fsp3) is 0.176. The summed E-state index contributed by atoms with van der Waals surface area (Å²) in [7, 11) is -5.34. The van der Waals surface area contributed by atoms with E-state index in [2.05, 4.69) is 0 Å². The molecule has 0 aromatic heterocycles. The Bertz CT molecular complexity index is 1750. The van der Waals surface area contributed by atoms with Gasteiger partial charge in [0.05, 0.1) is 22.3 Å². The van der Waals surface area contributed by atoms with Crippen molar-refractivity contribution in [2.75, 3.05) is 6.61 Å². The van der Waals surface area contributed by atoms with Crippen LogP contribution < -0.4 is 0 Å². The maximum atomic E-state index is 13.4. The summed E-state index contributed by atoms with van der Waals surface area (Å²) in [6.45, 7) is -0.682. The first-order chi connectivity index (χ1) is 23.1. The molecule has 0 bridgehead atoms. The van der Waals surface area contributed by atoms with Crippen LogP contribution in [0.2, 0.25) is 0 Å². The van der Waals surface area contributed by atoms with Crippen LogP contribution in [0.1, 0.15) is 41.4 Å². The lowest BCUT2D eigenvalue weighted by Gasteiger charge is -2.28. The second-order valence-corrected chi connectivity index (χ2v) is 11.5. The van der Waals surface area contributed by atoms with Gasteiger partial charge in [0.15, 0.2) is 18.3 Å². The molecule has 14 heteroatoms. The van der Waals surface area contributed by atoms with E-state index in [1.54, 1.807) is 72.8 Å². The van der Waals surface area contributed by atoms with Crippen LogP contribution in [0.25, 0.3) is 0 Å². The molecule has 0 saturated carbocycles. The molecule has 0 amide bonds. The smallest absolute Gasteiger partial charge is 0.458 e. The zero-order valence-electron chi connectivity index (χ0n) is 25.0. The topological polar surface area (TPSA) is 181 Å². The van der Waals surface area contributed by atoms with Gasteiger partial charge in [-0.05, 0) is 48.5 Å². The van der Waals surface area contributed by atoms with E-state index in [0.717, 1.165) is 0 Å². The molecular formula is C34H29O13P. The molecule has 248 valence electrons. The highest BCUT2D eigenvalue weighted by Crippen LogP contribution is 2.43. The summed E-state index contributed by atoms with van der Waals surface area (Å²) in [6, 6.07) is 30.9. The van der Waals surface area contributed by atoms with Crippen molar-refractivity contribution in [1.29, 1.82) is 0 Å². The maximum absolute atomic E-state index is 13.4. The van der Waals surface area contributed by atoms with E-state index < -0.39 is 69.0 Å². The summed E-state index contributed by atoms with van der Waals surface area (Å²) in [5, 5.41) is 0. The van der Waals surface area contributed by atoms with Gasteiger partial charge in [0, 0.05) is 0 Å². The van der Waals surface area contributed by atoms with Gasteiger partial charge in [0.2, 0.25) is 6.29 Å². The Morgan fingerprint density at radius 3 is 1.44 bits per heavy atom. The molecule has 48 heavy (non-hydrogen) atoms. The number of hydrogen-bond donors (Lipinski definition) is 2. The van der Waals surface area contributed by atoms with Gasteiger partial charge in [-0.15, -0.1) is 0 Å². The number of hydrogen-bond acceptors (Lipinski definition) is 11. The zero-order valence-corrected chi connectivity index (χ0v) is 25.9. The van der Waals surface area contributed by atoms with E-state index in [0.29, 0.717) is 0 Å². The van der Waals surface area contributed by atoms with Crippen LogP contribution >= 0.6 is 7.82 Å². The quantitative estimate of drug-likeness (QED) is 0.123. The van der Waals surface area contributed by atoms with E-state index in [9.17, 15) is 33.5 Å². The molecule has 1 aliphatic heterocycles. The number of esters is 4. The minimum Gasteiger partial charge on any atom is -0.458 e. The lowest BCUT2D eigenvalue weighted by Crippen LogP contribution is -2.47. The van der Waals surface area contributed by atoms with Crippen molar-refractivity contribution in [2.24, 2.45) is 0 Å². The van der Waals surface area contributed by atoms with Crippen LogP contribution in [-0.4, -0.2) is 71.0 Å². The normalized spacial score (nSPS) is 19.5. The Morgan fingerprint density at radius 1 is 0.604 bits per heavy atom. The Balaban J connectivity index is 1.53. The molecule has 5 atom stereocenters. The van der Waals surface area contributed by atoms with Gasteiger partial charge >= 0.3 is 31.7 Å². The predicted molar refractivity (Wildman–Crippen MR) is 165 cm³/mol. The average molecular weight is 677 g/mol. The van der Waals surface area contributed by atoms with Crippen LogP contribution in [0.15, 0.2) is 121 Å². The molecule has 4 aromatic rings. The van der Waals surface area contributed by atoms with E-state index in [4.69, 9.17) is 28.2 Å². The van der Waals surface area contributed by atoms with Crippen LogP contribution in [0.4, 0.5) is 0 Å². The molecule has 1 saturated heterocycles. The Hall–Kier alpha value is -5.17. The fourth-order valence-corrected chi connectivity index (χ4v) is 5.19. The number of ether oxygens (including phenoxy) is 5. The van der Waals surface area contributed by atoms with Crippen LogP contribution in [0.5, 0.6) is 0 Å². The Kier molecular flexibility index (Phi) is 11.1. The van der Waals surface area contributed by atoms with Gasteiger partial charge < -0.3 is 33.5 Å². The van der Waals surface area contributed by atoms with Crippen molar-refractivity contribution in [1.82, 2.24) is 0 Å². The first-order valence-electron chi connectivity index (χ1n) is 14.5. The van der Waals surface area contributed by atoms with E-state index in [-0.39, 0.29) is 22.3 Å². The lowest BCUT2D eigenvalue weighted by molar-refractivity contribution is -0.147. The first-order valence-corrected chi connectivity index (χ1v) is 16.0. The van der Waals surface area contributed by atoms with E-state index in [1.807, 2.05) is 0 Å². The van der Waals surface area contributed by atoms with Crippen molar-refractivity contribution >= 4 is 31.7 Å². The number of phosphoric acid groups is 1. The third-order valence-corrected chi connectivity index (χ3v) is 7.46. The average Bonchev–Trinajstić information content (AvgIpc) is 3.41. The third-order valence-electron chi connectivity index (χ3n) is 6.98. The second-order valence-electron chi connectivity index (χ2n) is 10.3. The molecule has 0 aliphatic carbocycles. The van der Waals surface area contributed by atoms with Crippen molar-refractivity contribution in [3.8, 4) is 0 Å². The summed E-state index contributed by atoms with van der Waals surface area (Å²) in [4.78, 5) is 72.2. The van der Waals surface area contributed by atoms with Gasteiger partial charge in [-0.1, -0.05) is 72.8 Å². The van der Waals surface area contributed by atoms with Crippen molar-refractivity contribution in [2.45, 2.75) is 30.7 Å². The largest absolute Gasteiger partial charge is 0.472 e. The molecule has 13 nitrogen and oxygen atoms in total. The van der Waals surface area contributed by atoms with Gasteiger partial charge in [0.1, 0.15) is 12.7 Å². The Labute approximate surface area is 274 Å². The predicted octanol–water partition coefficient (Wildman–Crippen LogP) is 4.35. The van der Waals surface area contributed by atoms with E-state index >= 15 is 0 Å². The van der Waals surface area contributed by atoms with Gasteiger partial charge in [0.25, 0.3) is 0 Å². The highest BCUT2D eigenvalue weighted by molar-refractivity contribution is 7.46. The molecule has 2 N–H and O–H groups in total. The summed E-state index contributed by atoms with van der Waals surface area (Å²) in [6.07, 6.45) is -8.82. The summed E-state index contributed by atoms with van der Waals surface area (Å²) < 4.78 is 45.3. The number of rotatable bonds is 12. The zero-order chi connectivity index (χ0) is 34.1. The number of carbonyl (C=O) groups is 4. The second kappa shape index (κ2) is 15.6. The monoisotopic (exact) mass is 676 g/mol. The highest BCUT2D eigenvalue weighted by Gasteiger charge is 2.56. The van der Waals surface area contributed by atoms with Crippen LogP contribution in [0.3, 0.4) is 0 Å². The van der Waals surface area contributed by atoms with E-state index in [1.165, 1.54) is 48.5 Å². The van der Waals surface area contributed by atoms with Gasteiger partial charge in [-0.3, -0.25) is 4.52 Å². The molecule has 1 heterocycles. The molecular weight excluding hydrogens is 647 g/mol. The molecule has 5 rings (SSSR count). The van der Waals surface area contributed by atoms with Crippen LogP contribution in [-0.2, 0) is 32.8 Å². The lowest BCUT2D eigenvalue weighted by atomic mass is 10.0. The van der Waals surface area contributed by atoms with Crippen molar-refractivity contribution in [3.63, 3.8) is 0 Å². The SMILES string of the molecule is O=C(OC[C@@H](OC(=O)c1ccccc1)[C@@H]1O[C@H](OP(=O)(O)O)[C@H](OC(=O)c2ccccc2)[C@H]1OC(=O)c1ccccc1)c1ccccc1. The van der Waals surface area contributed by atoms with Gasteiger partial charge in [-0.2, -0.15) is 0 Å². The summed E-state index contributed by atoms with van der Waals surface area (Å²) in [5.41, 5.74) is 0.384. The fourth-order valence-electron chi connectivity index (χ4n) is 4.75. The molecule has 1 aliphatic rings. The maximum Gasteiger partial charge on any atom is 0.472 e. The minimum absolute atomic E-state index is 0.0489. The minimum atomic E-state index is -5.34. The van der Waals surface area contributed by atoms with Crippen LogP contribution in [0, 0.1) is 0 Å². The van der Waals surface area contributed by atoms with Crippen molar-refractivity contribution in [3.05, 3.63) is 144 Å². The Morgan fingerprint density at radius 2 is 1.00 bits per heavy atom. The first kappa shape index (κ1) is 34.2.